The van der Waals surface area contributed by atoms with Gasteiger partial charge < -0.3 is 14.7 Å². The van der Waals surface area contributed by atoms with Gasteiger partial charge in [-0.1, -0.05) is 12.1 Å². The quantitative estimate of drug-likeness (QED) is 0.850. The molecule has 1 heterocycles. The number of esters is 1. The van der Waals surface area contributed by atoms with Crippen LogP contribution in [0.5, 0.6) is 5.75 Å². The van der Waals surface area contributed by atoms with Gasteiger partial charge in [-0.15, -0.1) is 0 Å². The molecule has 1 aromatic rings. The van der Waals surface area contributed by atoms with E-state index in [1.807, 2.05) is 6.92 Å². The topological polar surface area (TPSA) is 70.1 Å². The number of carbonyl (C=O) groups is 2. The number of nitrogens with zero attached hydrogens (tertiary/aromatic N) is 2. The Morgan fingerprint density at radius 2 is 2.09 bits per heavy atom. The maximum atomic E-state index is 12.7. The monoisotopic (exact) mass is 320 g/mol. The number of para-hydroxylation sites is 1. The summed E-state index contributed by atoms with van der Waals surface area (Å²) in [6, 6.07) is 5.23. The number of aryl methyl sites for hydroxylation is 1. The third kappa shape index (κ3) is 4.01. The fourth-order valence-electron chi connectivity index (χ4n) is 2.88. The van der Waals surface area contributed by atoms with E-state index in [0.717, 1.165) is 0 Å². The van der Waals surface area contributed by atoms with Crippen molar-refractivity contribution in [1.29, 1.82) is 0 Å². The standard InChI is InChI=1S/C17H24N2O4/c1-12-5-4-6-14(16(12)21)17(22)19-10-9-18(11-13(19)2)8-7-15(20)23-3/h4-6,13,21H,7-11H2,1-3H3/t13-/m1/s1. The Kier molecular flexibility index (Phi) is 5.60. The highest BCUT2D eigenvalue weighted by molar-refractivity contribution is 5.97. The molecule has 6 nitrogen and oxygen atoms in total. The fraction of sp³-hybridized carbons (Fsp3) is 0.529. The van der Waals surface area contributed by atoms with Gasteiger partial charge >= 0.3 is 5.97 Å². The number of hydrogen-bond acceptors (Lipinski definition) is 5. The third-order valence-corrected chi connectivity index (χ3v) is 4.30. The van der Waals surface area contributed by atoms with Crippen LogP contribution in [0.4, 0.5) is 0 Å². The van der Waals surface area contributed by atoms with Crippen molar-refractivity contribution >= 4 is 11.9 Å². The molecule has 1 N–H and O–H groups in total. The molecule has 0 unspecified atom stereocenters. The minimum Gasteiger partial charge on any atom is -0.507 e. The summed E-state index contributed by atoms with van der Waals surface area (Å²) in [7, 11) is 1.38. The number of carbonyl (C=O) groups excluding carboxylic acids is 2. The number of phenols is 1. The van der Waals surface area contributed by atoms with Crippen molar-refractivity contribution in [1.82, 2.24) is 9.80 Å². The Hall–Kier alpha value is -2.08. The van der Waals surface area contributed by atoms with Gasteiger partial charge in [0.2, 0.25) is 0 Å². The molecule has 1 aliphatic rings. The molecule has 0 saturated carbocycles. The molecule has 1 amide bonds. The smallest absolute Gasteiger partial charge is 0.306 e. The van der Waals surface area contributed by atoms with E-state index in [2.05, 4.69) is 9.64 Å². The van der Waals surface area contributed by atoms with Crippen molar-refractivity contribution in [3.8, 4) is 5.75 Å². The summed E-state index contributed by atoms with van der Waals surface area (Å²) in [5.41, 5.74) is 1.04. The van der Waals surface area contributed by atoms with Gasteiger partial charge in [0, 0.05) is 32.2 Å². The average Bonchev–Trinajstić information content (AvgIpc) is 2.54. The van der Waals surface area contributed by atoms with Crippen LogP contribution in [0.25, 0.3) is 0 Å². The zero-order valence-corrected chi connectivity index (χ0v) is 13.9. The second-order valence-electron chi connectivity index (χ2n) is 5.95. The zero-order chi connectivity index (χ0) is 17.0. The molecule has 0 bridgehead atoms. The van der Waals surface area contributed by atoms with E-state index in [1.54, 1.807) is 30.0 Å². The molecular formula is C17H24N2O4. The van der Waals surface area contributed by atoms with Crippen molar-refractivity contribution in [2.75, 3.05) is 33.3 Å². The van der Waals surface area contributed by atoms with Crippen LogP contribution < -0.4 is 0 Å². The molecule has 126 valence electrons. The Bertz CT molecular complexity index is 588. The Labute approximate surface area is 136 Å². The van der Waals surface area contributed by atoms with E-state index in [1.165, 1.54) is 7.11 Å². The van der Waals surface area contributed by atoms with Crippen LogP contribution in [0.3, 0.4) is 0 Å². The summed E-state index contributed by atoms with van der Waals surface area (Å²) in [6.45, 7) is 6.38. The number of hydrogen-bond donors (Lipinski definition) is 1. The molecular weight excluding hydrogens is 296 g/mol. The normalized spacial score (nSPS) is 18.7. The highest BCUT2D eigenvalue weighted by Crippen LogP contribution is 2.24. The molecule has 1 fully saturated rings. The fourth-order valence-corrected chi connectivity index (χ4v) is 2.88. The van der Waals surface area contributed by atoms with E-state index in [9.17, 15) is 14.7 Å². The van der Waals surface area contributed by atoms with Crippen LogP contribution in [-0.2, 0) is 9.53 Å². The second-order valence-corrected chi connectivity index (χ2v) is 5.95. The van der Waals surface area contributed by atoms with Crippen molar-refractivity contribution in [2.24, 2.45) is 0 Å². The minimum absolute atomic E-state index is 0.0220. The van der Waals surface area contributed by atoms with Crippen LogP contribution in [0.2, 0.25) is 0 Å². The minimum atomic E-state index is -0.221. The van der Waals surface area contributed by atoms with E-state index in [0.29, 0.717) is 43.7 Å². The lowest BCUT2D eigenvalue weighted by Crippen LogP contribution is -2.54. The predicted molar refractivity (Wildman–Crippen MR) is 86.4 cm³/mol. The molecule has 0 radical (unpaired) electrons. The molecule has 1 saturated heterocycles. The molecule has 1 atom stereocenters. The summed E-state index contributed by atoms with van der Waals surface area (Å²) < 4.78 is 4.65. The molecule has 6 heteroatoms. The number of amides is 1. The van der Waals surface area contributed by atoms with Gasteiger partial charge in [-0.3, -0.25) is 14.5 Å². The summed E-state index contributed by atoms with van der Waals surface area (Å²) >= 11 is 0. The number of phenolic OH excluding ortho intramolecular Hbond substituents is 1. The molecule has 1 aliphatic heterocycles. The maximum Gasteiger partial charge on any atom is 0.306 e. The summed E-state index contributed by atoms with van der Waals surface area (Å²) in [4.78, 5) is 27.8. The number of benzene rings is 1. The lowest BCUT2D eigenvalue weighted by Gasteiger charge is -2.40. The summed E-state index contributed by atoms with van der Waals surface area (Å²) in [5, 5.41) is 10.1. The average molecular weight is 320 g/mol. The number of aromatic hydroxyl groups is 1. The third-order valence-electron chi connectivity index (χ3n) is 4.30. The van der Waals surface area contributed by atoms with Crippen LogP contribution in [-0.4, -0.2) is 66.1 Å². The van der Waals surface area contributed by atoms with Gasteiger partial charge in [-0.2, -0.15) is 0 Å². The largest absolute Gasteiger partial charge is 0.507 e. The highest BCUT2D eigenvalue weighted by atomic mass is 16.5. The Morgan fingerprint density at radius 1 is 1.35 bits per heavy atom. The zero-order valence-electron chi connectivity index (χ0n) is 13.9. The van der Waals surface area contributed by atoms with Gasteiger partial charge in [0.1, 0.15) is 5.75 Å². The molecule has 1 aromatic carbocycles. The second kappa shape index (κ2) is 7.46. The van der Waals surface area contributed by atoms with Gasteiger partial charge in [0.25, 0.3) is 5.91 Å². The number of methoxy groups -OCH3 is 1. The summed E-state index contributed by atoms with van der Waals surface area (Å²) in [6.07, 6.45) is 0.357. The first-order valence-corrected chi connectivity index (χ1v) is 7.82. The number of ether oxygens (including phenoxy) is 1. The van der Waals surface area contributed by atoms with Gasteiger partial charge in [-0.05, 0) is 25.5 Å². The Balaban J connectivity index is 1.99. The Morgan fingerprint density at radius 3 is 2.74 bits per heavy atom. The van der Waals surface area contributed by atoms with Gasteiger partial charge in [-0.25, -0.2) is 0 Å². The van der Waals surface area contributed by atoms with E-state index in [-0.39, 0.29) is 23.7 Å². The lowest BCUT2D eigenvalue weighted by atomic mass is 10.1. The first-order chi connectivity index (χ1) is 10.9. The van der Waals surface area contributed by atoms with Gasteiger partial charge in [0.15, 0.2) is 0 Å². The van der Waals surface area contributed by atoms with Crippen LogP contribution in [0, 0.1) is 6.92 Å². The lowest BCUT2D eigenvalue weighted by molar-refractivity contribution is -0.141. The van der Waals surface area contributed by atoms with E-state index < -0.39 is 0 Å². The molecule has 0 spiro atoms. The SMILES string of the molecule is COC(=O)CCN1CCN(C(=O)c2cccc(C)c2O)[C@H](C)C1. The molecule has 23 heavy (non-hydrogen) atoms. The maximum absolute atomic E-state index is 12.7. The van der Waals surface area contributed by atoms with Crippen molar-refractivity contribution < 1.29 is 19.4 Å². The molecule has 0 aliphatic carbocycles. The summed E-state index contributed by atoms with van der Waals surface area (Å²) in [5.74, 6) is -0.315. The van der Waals surface area contributed by atoms with Crippen LogP contribution in [0.15, 0.2) is 18.2 Å². The van der Waals surface area contributed by atoms with Crippen LogP contribution in [0.1, 0.15) is 29.3 Å². The van der Waals surface area contributed by atoms with Crippen LogP contribution >= 0.6 is 0 Å². The molecule has 0 aromatic heterocycles. The van der Waals surface area contributed by atoms with E-state index in [4.69, 9.17) is 0 Å². The van der Waals surface area contributed by atoms with Crippen molar-refractivity contribution in [3.05, 3.63) is 29.3 Å². The first-order valence-electron chi connectivity index (χ1n) is 7.82. The van der Waals surface area contributed by atoms with Gasteiger partial charge in [0.05, 0.1) is 19.1 Å². The molecule has 2 rings (SSSR count). The van der Waals surface area contributed by atoms with Crippen molar-refractivity contribution in [3.63, 3.8) is 0 Å². The van der Waals surface area contributed by atoms with E-state index >= 15 is 0 Å². The number of piperazine rings is 1. The highest BCUT2D eigenvalue weighted by Gasteiger charge is 2.29. The predicted octanol–water partition coefficient (Wildman–Crippen LogP) is 1.41. The van der Waals surface area contributed by atoms with Crippen molar-refractivity contribution in [2.45, 2.75) is 26.3 Å². The number of rotatable bonds is 4. The first kappa shape index (κ1) is 17.3.